The first kappa shape index (κ1) is 22.8. The highest BCUT2D eigenvalue weighted by molar-refractivity contribution is 8.02. The van der Waals surface area contributed by atoms with Crippen molar-refractivity contribution in [2.75, 3.05) is 31.5 Å². The lowest BCUT2D eigenvalue weighted by Crippen LogP contribution is -2.52. The first-order valence-electron chi connectivity index (χ1n) is 10.0. The summed E-state index contributed by atoms with van der Waals surface area (Å²) in [6.45, 7) is 3.62. The summed E-state index contributed by atoms with van der Waals surface area (Å²) in [5.74, 6) is 0.762. The highest BCUT2D eigenvalue weighted by atomic mass is 32.2. The van der Waals surface area contributed by atoms with E-state index in [0.717, 1.165) is 5.76 Å². The second-order valence-electron chi connectivity index (χ2n) is 7.11. The van der Waals surface area contributed by atoms with Crippen LogP contribution in [0, 0.1) is 0 Å². The van der Waals surface area contributed by atoms with E-state index in [2.05, 4.69) is 15.5 Å². The van der Waals surface area contributed by atoms with Gasteiger partial charge in [-0.2, -0.15) is 4.31 Å². The van der Waals surface area contributed by atoms with Crippen molar-refractivity contribution in [2.45, 2.75) is 28.0 Å². The van der Waals surface area contributed by atoms with Crippen LogP contribution in [0.1, 0.15) is 12.7 Å². The van der Waals surface area contributed by atoms with Crippen LogP contribution in [-0.4, -0.2) is 65.2 Å². The fraction of sp³-hybridized carbons (Fsp3) is 0.350. The quantitative estimate of drug-likeness (QED) is 0.477. The Morgan fingerprint density at radius 1 is 1.16 bits per heavy atom. The molecule has 1 amide bonds. The Hall–Kier alpha value is -2.41. The van der Waals surface area contributed by atoms with Crippen molar-refractivity contribution in [3.8, 4) is 0 Å². The minimum absolute atomic E-state index is 0.0351. The maximum absolute atomic E-state index is 12.9. The SMILES string of the molecule is C[C@H](Sc1nnc(NCc2ccco2)s1)C(=O)N1CCN(S(=O)(=O)c2ccccc2)CC1. The molecule has 32 heavy (non-hydrogen) atoms. The van der Waals surface area contributed by atoms with Crippen LogP contribution >= 0.6 is 23.1 Å². The molecular formula is C20H23N5O4S3. The molecule has 0 saturated carbocycles. The number of furan rings is 1. The number of rotatable bonds is 8. The lowest BCUT2D eigenvalue weighted by Gasteiger charge is -2.35. The van der Waals surface area contributed by atoms with Gasteiger partial charge in [0, 0.05) is 26.2 Å². The number of piperazine rings is 1. The predicted molar refractivity (Wildman–Crippen MR) is 123 cm³/mol. The zero-order chi connectivity index (χ0) is 22.6. The van der Waals surface area contributed by atoms with Crippen LogP contribution in [0.15, 0.2) is 62.4 Å². The first-order chi connectivity index (χ1) is 15.4. The number of benzene rings is 1. The number of nitrogens with one attached hydrogen (secondary N) is 1. The molecule has 1 saturated heterocycles. The number of sulfonamides is 1. The van der Waals surface area contributed by atoms with Gasteiger partial charge in [0.15, 0.2) is 4.34 Å². The molecule has 1 N–H and O–H groups in total. The molecule has 0 aliphatic carbocycles. The first-order valence-corrected chi connectivity index (χ1v) is 13.2. The number of hydrogen-bond donors (Lipinski definition) is 1. The lowest BCUT2D eigenvalue weighted by atomic mass is 10.3. The smallest absolute Gasteiger partial charge is 0.243 e. The molecule has 9 nitrogen and oxygen atoms in total. The number of aromatic nitrogens is 2. The minimum atomic E-state index is -3.54. The van der Waals surface area contributed by atoms with Crippen LogP contribution in [0.5, 0.6) is 0 Å². The molecule has 1 aliphatic heterocycles. The second-order valence-corrected chi connectivity index (χ2v) is 11.6. The summed E-state index contributed by atoms with van der Waals surface area (Å²) in [7, 11) is -3.54. The number of anilines is 1. The summed E-state index contributed by atoms with van der Waals surface area (Å²) >= 11 is 2.73. The molecule has 4 rings (SSSR count). The molecular weight excluding hydrogens is 470 g/mol. The Morgan fingerprint density at radius 3 is 2.59 bits per heavy atom. The number of thioether (sulfide) groups is 1. The predicted octanol–water partition coefficient (Wildman–Crippen LogP) is 2.76. The van der Waals surface area contributed by atoms with Crippen molar-refractivity contribution in [3.63, 3.8) is 0 Å². The van der Waals surface area contributed by atoms with E-state index < -0.39 is 10.0 Å². The van der Waals surface area contributed by atoms with Crippen molar-refractivity contribution in [3.05, 3.63) is 54.5 Å². The Balaban J connectivity index is 1.28. The summed E-state index contributed by atoms with van der Waals surface area (Å²) in [5.41, 5.74) is 0. The highest BCUT2D eigenvalue weighted by Gasteiger charge is 2.31. The van der Waals surface area contributed by atoms with E-state index in [-0.39, 0.29) is 29.1 Å². The zero-order valence-corrected chi connectivity index (χ0v) is 19.8. The third-order valence-corrected chi connectivity index (χ3v) is 8.92. The van der Waals surface area contributed by atoms with Gasteiger partial charge in [-0.05, 0) is 31.2 Å². The molecule has 3 heterocycles. The number of carbonyl (C=O) groups is 1. The van der Waals surface area contributed by atoms with Crippen molar-refractivity contribution in [2.24, 2.45) is 0 Å². The highest BCUT2D eigenvalue weighted by Crippen LogP contribution is 2.30. The van der Waals surface area contributed by atoms with Crippen LogP contribution in [0.2, 0.25) is 0 Å². The van der Waals surface area contributed by atoms with Gasteiger partial charge in [0.25, 0.3) is 0 Å². The van der Waals surface area contributed by atoms with Gasteiger partial charge in [-0.3, -0.25) is 4.79 Å². The van der Waals surface area contributed by atoms with Gasteiger partial charge >= 0.3 is 0 Å². The second kappa shape index (κ2) is 10.0. The number of amides is 1. The van der Waals surface area contributed by atoms with E-state index in [1.807, 2.05) is 19.1 Å². The third kappa shape index (κ3) is 5.31. The van der Waals surface area contributed by atoms with E-state index in [0.29, 0.717) is 29.1 Å². The van der Waals surface area contributed by atoms with E-state index in [1.165, 1.54) is 27.4 Å². The van der Waals surface area contributed by atoms with Gasteiger partial charge in [-0.1, -0.05) is 41.3 Å². The fourth-order valence-electron chi connectivity index (χ4n) is 3.25. The van der Waals surface area contributed by atoms with Gasteiger partial charge in [0.2, 0.25) is 21.1 Å². The molecule has 12 heteroatoms. The molecule has 1 aliphatic rings. The fourth-order valence-corrected chi connectivity index (χ4v) is 6.67. The zero-order valence-electron chi connectivity index (χ0n) is 17.4. The van der Waals surface area contributed by atoms with E-state index in [1.54, 1.807) is 41.5 Å². The third-order valence-electron chi connectivity index (χ3n) is 4.96. The molecule has 2 aromatic heterocycles. The van der Waals surface area contributed by atoms with Crippen LogP contribution in [0.25, 0.3) is 0 Å². The number of carbonyl (C=O) groups excluding carboxylic acids is 1. The molecule has 0 unspecified atom stereocenters. The van der Waals surface area contributed by atoms with Crippen molar-refractivity contribution < 1.29 is 17.6 Å². The van der Waals surface area contributed by atoms with Gasteiger partial charge in [0.05, 0.1) is 23.0 Å². The number of nitrogens with zero attached hydrogens (tertiary/aromatic N) is 4. The Labute approximate surface area is 194 Å². The minimum Gasteiger partial charge on any atom is -0.467 e. The van der Waals surface area contributed by atoms with E-state index in [4.69, 9.17) is 4.42 Å². The summed E-state index contributed by atoms with van der Waals surface area (Å²) in [6, 6.07) is 12.1. The van der Waals surface area contributed by atoms with Crippen LogP contribution in [0.4, 0.5) is 5.13 Å². The maximum Gasteiger partial charge on any atom is 0.243 e. The Morgan fingerprint density at radius 2 is 1.91 bits per heavy atom. The van der Waals surface area contributed by atoms with Gasteiger partial charge in [-0.25, -0.2) is 8.42 Å². The van der Waals surface area contributed by atoms with E-state index in [9.17, 15) is 13.2 Å². The molecule has 1 atom stereocenters. The Bertz CT molecular complexity index is 1130. The topological polar surface area (TPSA) is 109 Å². The van der Waals surface area contributed by atoms with Crippen LogP contribution < -0.4 is 5.32 Å². The summed E-state index contributed by atoms with van der Waals surface area (Å²) in [5, 5.41) is 11.7. The summed E-state index contributed by atoms with van der Waals surface area (Å²) in [6.07, 6.45) is 1.61. The normalized spacial score (nSPS) is 16.1. The molecule has 1 aromatic carbocycles. The monoisotopic (exact) mass is 493 g/mol. The summed E-state index contributed by atoms with van der Waals surface area (Å²) < 4.78 is 32.9. The number of hydrogen-bond acceptors (Lipinski definition) is 9. The molecule has 170 valence electrons. The molecule has 1 fully saturated rings. The van der Waals surface area contributed by atoms with Gasteiger partial charge in [-0.15, -0.1) is 10.2 Å². The average molecular weight is 494 g/mol. The van der Waals surface area contributed by atoms with Crippen molar-refractivity contribution in [1.82, 2.24) is 19.4 Å². The van der Waals surface area contributed by atoms with Gasteiger partial charge < -0.3 is 14.6 Å². The summed E-state index contributed by atoms with van der Waals surface area (Å²) in [4.78, 5) is 14.9. The van der Waals surface area contributed by atoms with Crippen molar-refractivity contribution >= 4 is 44.2 Å². The Kier molecular flexibility index (Phi) is 7.13. The standard InChI is InChI=1S/C20H23N5O4S3/c1-15(30-20-23-22-19(31-20)21-14-16-6-5-13-29-16)18(26)24-9-11-25(12-10-24)32(27,28)17-7-3-2-4-8-17/h2-8,13,15H,9-12,14H2,1H3,(H,21,22)/t15-/m0/s1. The van der Waals surface area contributed by atoms with Crippen molar-refractivity contribution in [1.29, 1.82) is 0 Å². The van der Waals surface area contributed by atoms with Crippen LogP contribution in [-0.2, 0) is 21.4 Å². The average Bonchev–Trinajstić information content (AvgIpc) is 3.50. The van der Waals surface area contributed by atoms with Crippen LogP contribution in [0.3, 0.4) is 0 Å². The molecule has 3 aromatic rings. The van der Waals surface area contributed by atoms with Gasteiger partial charge in [0.1, 0.15) is 5.76 Å². The molecule has 0 radical (unpaired) electrons. The van der Waals surface area contributed by atoms with E-state index >= 15 is 0 Å². The maximum atomic E-state index is 12.9. The largest absolute Gasteiger partial charge is 0.467 e. The molecule has 0 spiro atoms. The lowest BCUT2D eigenvalue weighted by molar-refractivity contribution is -0.131. The molecule has 0 bridgehead atoms.